The molecule has 0 bridgehead atoms. The third-order valence-corrected chi connectivity index (χ3v) is 3.58. The highest BCUT2D eigenvalue weighted by atomic mass is 16.5. The van der Waals surface area contributed by atoms with E-state index in [-0.39, 0.29) is 0 Å². The van der Waals surface area contributed by atoms with E-state index in [1.807, 2.05) is 12.4 Å². The molecule has 1 unspecified atom stereocenters. The number of nitrogens with one attached hydrogen (secondary N) is 1. The van der Waals surface area contributed by atoms with Crippen LogP contribution in [0.15, 0.2) is 12.4 Å². The van der Waals surface area contributed by atoms with Crippen molar-refractivity contribution in [3.8, 4) is 0 Å². The van der Waals surface area contributed by atoms with Crippen LogP contribution < -0.4 is 0 Å². The molecule has 1 saturated heterocycles. The Hall–Kier alpha value is -0.910. The van der Waals surface area contributed by atoms with Crippen molar-refractivity contribution < 1.29 is 4.74 Å². The Labute approximate surface area is 109 Å². The van der Waals surface area contributed by atoms with Crippen LogP contribution in [-0.4, -0.2) is 72.5 Å². The van der Waals surface area contributed by atoms with Crippen LogP contribution in [0.5, 0.6) is 0 Å². The number of nitrogens with zero attached hydrogens (tertiary/aromatic N) is 3. The molecule has 0 saturated carbocycles. The van der Waals surface area contributed by atoms with E-state index in [1.165, 1.54) is 5.56 Å². The molecular formula is C13H24N4O. The van der Waals surface area contributed by atoms with Gasteiger partial charge in [0.15, 0.2) is 0 Å². The molecule has 1 aliphatic heterocycles. The first-order chi connectivity index (χ1) is 8.75. The molecule has 2 rings (SSSR count). The average molecular weight is 252 g/mol. The van der Waals surface area contributed by atoms with E-state index in [4.69, 9.17) is 4.74 Å². The van der Waals surface area contributed by atoms with Crippen molar-refractivity contribution in [3.05, 3.63) is 18.0 Å². The topological polar surface area (TPSA) is 44.4 Å². The Bertz CT molecular complexity index is 322. The van der Waals surface area contributed by atoms with Gasteiger partial charge in [0.05, 0.1) is 19.4 Å². The first-order valence-corrected chi connectivity index (χ1v) is 6.73. The molecule has 18 heavy (non-hydrogen) atoms. The number of aromatic nitrogens is 2. The van der Waals surface area contributed by atoms with Gasteiger partial charge in [-0.3, -0.25) is 10.00 Å². The summed E-state index contributed by atoms with van der Waals surface area (Å²) in [4.78, 5) is 4.91. The van der Waals surface area contributed by atoms with Crippen LogP contribution in [-0.2, 0) is 11.2 Å². The number of ether oxygens (including phenoxy) is 1. The Morgan fingerprint density at radius 2 is 2.28 bits per heavy atom. The SMILES string of the molecule is CC(CN(C)CCc1cn[nH]c1)N1CCOCC1. The standard InChI is InChI=1S/C13H24N4O/c1-12(17-5-7-18-8-6-17)11-16(2)4-3-13-9-14-15-10-13/h9-10,12H,3-8,11H2,1-2H3,(H,14,15). The summed E-state index contributed by atoms with van der Waals surface area (Å²) in [5.41, 5.74) is 1.28. The van der Waals surface area contributed by atoms with Crippen molar-refractivity contribution in [2.75, 3.05) is 46.4 Å². The van der Waals surface area contributed by atoms with Gasteiger partial charge in [0.25, 0.3) is 0 Å². The van der Waals surface area contributed by atoms with Gasteiger partial charge in [0, 0.05) is 38.4 Å². The largest absolute Gasteiger partial charge is 0.379 e. The van der Waals surface area contributed by atoms with Gasteiger partial charge in [-0.05, 0) is 26.0 Å². The minimum absolute atomic E-state index is 0.600. The summed E-state index contributed by atoms with van der Waals surface area (Å²) in [5, 5.41) is 6.82. The van der Waals surface area contributed by atoms with Crippen molar-refractivity contribution in [1.82, 2.24) is 20.0 Å². The number of hydrogen-bond donors (Lipinski definition) is 1. The Kier molecular flexibility index (Phi) is 5.16. The predicted molar refractivity (Wildman–Crippen MR) is 71.6 cm³/mol. The quantitative estimate of drug-likeness (QED) is 0.805. The number of rotatable bonds is 6. The minimum atomic E-state index is 0.600. The summed E-state index contributed by atoms with van der Waals surface area (Å²) in [7, 11) is 2.19. The van der Waals surface area contributed by atoms with E-state index >= 15 is 0 Å². The fourth-order valence-corrected chi connectivity index (χ4v) is 2.41. The van der Waals surface area contributed by atoms with Gasteiger partial charge in [0.1, 0.15) is 0 Å². The second-order valence-corrected chi connectivity index (χ2v) is 5.12. The van der Waals surface area contributed by atoms with Gasteiger partial charge < -0.3 is 9.64 Å². The summed E-state index contributed by atoms with van der Waals surface area (Å²) >= 11 is 0. The van der Waals surface area contributed by atoms with Gasteiger partial charge in [-0.1, -0.05) is 0 Å². The highest BCUT2D eigenvalue weighted by Gasteiger charge is 2.18. The average Bonchev–Trinajstić information content (AvgIpc) is 2.90. The van der Waals surface area contributed by atoms with Crippen molar-refractivity contribution in [2.24, 2.45) is 0 Å². The summed E-state index contributed by atoms with van der Waals surface area (Å²) in [6, 6.07) is 0.600. The molecule has 0 amide bonds. The van der Waals surface area contributed by atoms with Crippen LogP contribution >= 0.6 is 0 Å². The minimum Gasteiger partial charge on any atom is -0.379 e. The van der Waals surface area contributed by atoms with Gasteiger partial charge >= 0.3 is 0 Å². The van der Waals surface area contributed by atoms with Crippen LogP contribution in [0.2, 0.25) is 0 Å². The van der Waals surface area contributed by atoms with E-state index in [0.29, 0.717) is 6.04 Å². The molecule has 1 aliphatic rings. The Morgan fingerprint density at radius 3 is 2.94 bits per heavy atom. The highest BCUT2D eigenvalue weighted by Crippen LogP contribution is 2.05. The zero-order valence-electron chi connectivity index (χ0n) is 11.4. The molecule has 0 aromatic carbocycles. The molecule has 1 fully saturated rings. The molecule has 102 valence electrons. The second kappa shape index (κ2) is 6.87. The second-order valence-electron chi connectivity index (χ2n) is 5.12. The summed E-state index contributed by atoms with van der Waals surface area (Å²) in [5.74, 6) is 0. The summed E-state index contributed by atoms with van der Waals surface area (Å²) in [6.45, 7) is 8.38. The van der Waals surface area contributed by atoms with Gasteiger partial charge in [-0.25, -0.2) is 0 Å². The molecule has 5 nitrogen and oxygen atoms in total. The summed E-state index contributed by atoms with van der Waals surface area (Å²) in [6.07, 6.45) is 4.93. The van der Waals surface area contributed by atoms with Crippen LogP contribution in [0.4, 0.5) is 0 Å². The third kappa shape index (κ3) is 4.08. The lowest BCUT2D eigenvalue weighted by molar-refractivity contribution is 0.0142. The maximum Gasteiger partial charge on any atom is 0.0594 e. The fraction of sp³-hybridized carbons (Fsp3) is 0.769. The number of aromatic amines is 1. The fourth-order valence-electron chi connectivity index (χ4n) is 2.41. The molecule has 0 radical (unpaired) electrons. The first kappa shape index (κ1) is 13.5. The third-order valence-electron chi connectivity index (χ3n) is 3.58. The van der Waals surface area contributed by atoms with E-state index in [0.717, 1.165) is 45.8 Å². The molecule has 1 atom stereocenters. The summed E-state index contributed by atoms with van der Waals surface area (Å²) < 4.78 is 5.39. The molecule has 1 aromatic rings. The molecule has 1 aromatic heterocycles. The van der Waals surface area contributed by atoms with Crippen molar-refractivity contribution in [1.29, 1.82) is 0 Å². The number of morpholine rings is 1. The Balaban J connectivity index is 1.67. The Morgan fingerprint density at radius 1 is 1.50 bits per heavy atom. The molecule has 0 aliphatic carbocycles. The monoisotopic (exact) mass is 252 g/mol. The van der Waals surface area contributed by atoms with Crippen LogP contribution in [0.25, 0.3) is 0 Å². The van der Waals surface area contributed by atoms with Crippen molar-refractivity contribution in [2.45, 2.75) is 19.4 Å². The van der Waals surface area contributed by atoms with Gasteiger partial charge in [-0.2, -0.15) is 5.10 Å². The molecule has 2 heterocycles. The zero-order valence-corrected chi connectivity index (χ0v) is 11.4. The normalized spacial score (nSPS) is 19.3. The van der Waals surface area contributed by atoms with Gasteiger partial charge in [0.2, 0.25) is 0 Å². The lowest BCUT2D eigenvalue weighted by atomic mass is 10.2. The van der Waals surface area contributed by atoms with Crippen LogP contribution in [0.1, 0.15) is 12.5 Å². The highest BCUT2D eigenvalue weighted by molar-refractivity contribution is 5.02. The van der Waals surface area contributed by atoms with E-state index in [1.54, 1.807) is 0 Å². The number of hydrogen-bond acceptors (Lipinski definition) is 4. The van der Waals surface area contributed by atoms with Crippen molar-refractivity contribution >= 4 is 0 Å². The first-order valence-electron chi connectivity index (χ1n) is 6.73. The lowest BCUT2D eigenvalue weighted by Gasteiger charge is -2.34. The van der Waals surface area contributed by atoms with Crippen molar-refractivity contribution in [3.63, 3.8) is 0 Å². The molecule has 5 heteroatoms. The zero-order chi connectivity index (χ0) is 12.8. The van der Waals surface area contributed by atoms with E-state index < -0.39 is 0 Å². The van der Waals surface area contributed by atoms with Crippen LogP contribution in [0.3, 0.4) is 0 Å². The lowest BCUT2D eigenvalue weighted by Crippen LogP contribution is -2.46. The maximum atomic E-state index is 5.39. The van der Waals surface area contributed by atoms with Crippen LogP contribution in [0, 0.1) is 0 Å². The molecule has 0 spiro atoms. The smallest absolute Gasteiger partial charge is 0.0594 e. The number of H-pyrrole nitrogens is 1. The molecular weight excluding hydrogens is 228 g/mol. The molecule has 1 N–H and O–H groups in total. The predicted octanol–water partition coefficient (Wildman–Crippen LogP) is 0.605. The van der Waals surface area contributed by atoms with Gasteiger partial charge in [-0.15, -0.1) is 0 Å². The number of likely N-dealkylation sites (N-methyl/N-ethyl adjacent to an activating group) is 1. The van der Waals surface area contributed by atoms with E-state index in [2.05, 4.69) is 34.0 Å². The maximum absolute atomic E-state index is 5.39. The van der Waals surface area contributed by atoms with E-state index in [9.17, 15) is 0 Å².